The van der Waals surface area contributed by atoms with Crippen LogP contribution in [0.5, 0.6) is 0 Å². The van der Waals surface area contributed by atoms with Gasteiger partial charge in [-0.15, -0.1) is 0 Å². The molecule has 0 saturated carbocycles. The largest absolute Gasteiger partial charge is 0.322 e. The summed E-state index contributed by atoms with van der Waals surface area (Å²) in [5.41, 5.74) is 5.89. The quantitative estimate of drug-likeness (QED) is 0.889. The summed E-state index contributed by atoms with van der Waals surface area (Å²) in [6.07, 6.45) is 2.29. The smallest absolute Gasteiger partial charge is 0.255 e. The minimum atomic E-state index is -0.121. The van der Waals surface area contributed by atoms with Crippen molar-refractivity contribution in [2.45, 2.75) is 45.4 Å². The van der Waals surface area contributed by atoms with Gasteiger partial charge in [0.2, 0.25) is 5.91 Å². The second-order valence-electron chi connectivity index (χ2n) is 8.25. The summed E-state index contributed by atoms with van der Waals surface area (Å²) in [5.74, 6) is 0.0281. The molecule has 4 rings (SSSR count). The van der Waals surface area contributed by atoms with Crippen LogP contribution < -0.4 is 10.2 Å². The summed E-state index contributed by atoms with van der Waals surface area (Å²) >= 11 is 0. The number of anilines is 2. The van der Waals surface area contributed by atoms with Crippen LogP contribution in [0.4, 0.5) is 11.4 Å². The van der Waals surface area contributed by atoms with Crippen molar-refractivity contribution >= 4 is 23.2 Å². The molecule has 2 aromatic carbocycles. The summed E-state index contributed by atoms with van der Waals surface area (Å²) in [6, 6.07) is 11.8. The first kappa shape index (κ1) is 16.8. The Labute approximate surface area is 154 Å². The molecule has 0 saturated heterocycles. The Bertz CT molecular complexity index is 892. The van der Waals surface area contributed by atoms with Crippen molar-refractivity contribution in [2.24, 2.45) is 0 Å². The van der Waals surface area contributed by atoms with E-state index in [4.69, 9.17) is 0 Å². The highest BCUT2D eigenvalue weighted by molar-refractivity contribution is 6.08. The Morgan fingerprint density at radius 3 is 2.46 bits per heavy atom. The van der Waals surface area contributed by atoms with Gasteiger partial charge in [0, 0.05) is 17.8 Å². The van der Waals surface area contributed by atoms with Gasteiger partial charge in [0.05, 0.1) is 12.1 Å². The molecule has 2 aromatic rings. The maximum atomic E-state index is 12.7. The van der Waals surface area contributed by atoms with Crippen LogP contribution in [0, 0.1) is 0 Å². The Balaban J connectivity index is 1.58. The van der Waals surface area contributed by atoms with Gasteiger partial charge in [-0.05, 0) is 59.2 Å². The zero-order chi connectivity index (χ0) is 18.5. The van der Waals surface area contributed by atoms with Crippen molar-refractivity contribution in [1.29, 1.82) is 0 Å². The molecule has 2 aliphatic heterocycles. The number of nitrogens with one attached hydrogen (secondary N) is 1. The molecule has 0 fully saturated rings. The van der Waals surface area contributed by atoms with Crippen LogP contribution in [0.1, 0.15) is 54.2 Å². The molecule has 0 spiro atoms. The van der Waals surface area contributed by atoms with Crippen LogP contribution in [0.25, 0.3) is 0 Å². The lowest BCUT2D eigenvalue weighted by atomic mass is 9.87. The number of hydrogen-bond acceptors (Lipinski definition) is 2. The highest BCUT2D eigenvalue weighted by atomic mass is 16.2. The average molecular weight is 348 g/mol. The fourth-order valence-corrected chi connectivity index (χ4v) is 3.87. The Morgan fingerprint density at radius 1 is 1.08 bits per heavy atom. The van der Waals surface area contributed by atoms with Crippen LogP contribution in [0.15, 0.2) is 36.4 Å². The number of carbonyl (C=O) groups is 2. The number of rotatable bonds is 2. The van der Waals surface area contributed by atoms with Crippen LogP contribution >= 0.6 is 0 Å². The van der Waals surface area contributed by atoms with Gasteiger partial charge in [-0.1, -0.05) is 32.9 Å². The lowest BCUT2D eigenvalue weighted by Crippen LogP contribution is -2.31. The molecule has 2 amide bonds. The summed E-state index contributed by atoms with van der Waals surface area (Å²) in [4.78, 5) is 26.8. The number of nitrogens with zero attached hydrogens (tertiary/aromatic N) is 1. The van der Waals surface area contributed by atoms with Crippen molar-refractivity contribution in [2.75, 3.05) is 16.8 Å². The van der Waals surface area contributed by atoms with Crippen LogP contribution in [0.3, 0.4) is 0 Å². The maximum absolute atomic E-state index is 12.7. The van der Waals surface area contributed by atoms with Gasteiger partial charge in [0.25, 0.3) is 5.91 Å². The fourth-order valence-electron chi connectivity index (χ4n) is 3.87. The first-order chi connectivity index (χ1) is 12.3. The van der Waals surface area contributed by atoms with E-state index in [1.165, 1.54) is 5.56 Å². The first-order valence-corrected chi connectivity index (χ1v) is 9.21. The van der Waals surface area contributed by atoms with Gasteiger partial charge >= 0.3 is 0 Å². The predicted octanol–water partition coefficient (Wildman–Crippen LogP) is 4.07. The van der Waals surface area contributed by atoms with Gasteiger partial charge in [-0.3, -0.25) is 9.59 Å². The molecule has 2 heterocycles. The van der Waals surface area contributed by atoms with Gasteiger partial charge in [-0.25, -0.2) is 0 Å². The van der Waals surface area contributed by atoms with E-state index < -0.39 is 0 Å². The summed E-state index contributed by atoms with van der Waals surface area (Å²) in [7, 11) is 0. The van der Waals surface area contributed by atoms with E-state index in [0.717, 1.165) is 41.9 Å². The first-order valence-electron chi connectivity index (χ1n) is 9.21. The average Bonchev–Trinajstić information content (AvgIpc) is 2.92. The van der Waals surface area contributed by atoms with E-state index in [2.05, 4.69) is 38.2 Å². The summed E-state index contributed by atoms with van der Waals surface area (Å²) in [5, 5.41) is 2.98. The van der Waals surface area contributed by atoms with E-state index in [-0.39, 0.29) is 17.2 Å². The van der Waals surface area contributed by atoms with Gasteiger partial charge in [0.1, 0.15) is 0 Å². The third-order valence-electron chi connectivity index (χ3n) is 5.28. The zero-order valence-electron chi connectivity index (χ0n) is 15.6. The molecular formula is C22H24N2O2. The second kappa shape index (κ2) is 5.97. The number of aryl methyl sites for hydroxylation is 1. The fraction of sp³-hybridized carbons (Fsp3) is 0.364. The minimum Gasteiger partial charge on any atom is -0.322 e. The highest BCUT2D eigenvalue weighted by Crippen LogP contribution is 2.37. The second-order valence-corrected chi connectivity index (χ2v) is 8.25. The van der Waals surface area contributed by atoms with Crippen molar-refractivity contribution in [3.05, 3.63) is 58.7 Å². The molecule has 4 heteroatoms. The van der Waals surface area contributed by atoms with E-state index >= 15 is 0 Å². The minimum absolute atomic E-state index is 0.0869. The van der Waals surface area contributed by atoms with Crippen molar-refractivity contribution in [3.8, 4) is 0 Å². The third-order valence-corrected chi connectivity index (χ3v) is 5.28. The molecule has 134 valence electrons. The number of amides is 2. The van der Waals surface area contributed by atoms with Crippen LogP contribution in [-0.4, -0.2) is 18.4 Å². The molecule has 0 aromatic heterocycles. The number of benzene rings is 2. The molecule has 0 radical (unpaired) electrons. The maximum Gasteiger partial charge on any atom is 0.255 e. The molecule has 1 N–H and O–H groups in total. The number of carbonyl (C=O) groups excluding carboxylic acids is 2. The molecule has 26 heavy (non-hydrogen) atoms. The van der Waals surface area contributed by atoms with Crippen molar-refractivity contribution in [3.63, 3.8) is 0 Å². The van der Waals surface area contributed by atoms with E-state index in [1.807, 2.05) is 29.2 Å². The van der Waals surface area contributed by atoms with Crippen molar-refractivity contribution in [1.82, 2.24) is 0 Å². The van der Waals surface area contributed by atoms with Gasteiger partial charge in [0.15, 0.2) is 0 Å². The summed E-state index contributed by atoms with van der Waals surface area (Å²) < 4.78 is 0. The zero-order valence-corrected chi connectivity index (χ0v) is 15.6. The molecule has 0 bridgehead atoms. The lowest BCUT2D eigenvalue weighted by molar-refractivity contribution is -0.117. The Kier molecular flexibility index (Phi) is 3.87. The van der Waals surface area contributed by atoms with E-state index in [1.54, 1.807) is 0 Å². The molecular weight excluding hydrogens is 324 g/mol. The topological polar surface area (TPSA) is 49.4 Å². The van der Waals surface area contributed by atoms with Gasteiger partial charge < -0.3 is 10.2 Å². The Morgan fingerprint density at radius 2 is 1.77 bits per heavy atom. The predicted molar refractivity (Wildman–Crippen MR) is 104 cm³/mol. The van der Waals surface area contributed by atoms with E-state index in [0.29, 0.717) is 12.0 Å². The molecule has 4 nitrogen and oxygen atoms in total. The van der Waals surface area contributed by atoms with Gasteiger partial charge in [-0.2, -0.15) is 0 Å². The SMILES string of the molecule is CC(C)(C)c1ccc(NC(=O)c2cc3c4c(c2)CC(=O)N4CCC3)cc1. The normalized spacial score (nSPS) is 15.8. The molecule has 0 unspecified atom stereocenters. The third kappa shape index (κ3) is 2.90. The van der Waals surface area contributed by atoms with Crippen LogP contribution in [0.2, 0.25) is 0 Å². The summed E-state index contributed by atoms with van der Waals surface area (Å²) in [6.45, 7) is 7.30. The number of hydrogen-bond donors (Lipinski definition) is 1. The lowest BCUT2D eigenvalue weighted by Gasteiger charge is -2.25. The monoisotopic (exact) mass is 348 g/mol. The molecule has 2 aliphatic rings. The highest BCUT2D eigenvalue weighted by Gasteiger charge is 2.32. The molecule has 0 atom stereocenters. The van der Waals surface area contributed by atoms with Crippen LogP contribution in [-0.2, 0) is 23.1 Å². The van der Waals surface area contributed by atoms with Crippen molar-refractivity contribution < 1.29 is 9.59 Å². The Hall–Kier alpha value is -2.62. The van der Waals surface area contributed by atoms with E-state index in [9.17, 15) is 9.59 Å². The molecule has 0 aliphatic carbocycles. The standard InChI is InChI=1S/C22H24N2O2/c1-22(2,3)17-6-8-18(9-7-17)23-21(26)16-11-14-5-4-10-24-19(25)13-15(12-16)20(14)24/h6-9,11-12H,4-5,10,13H2,1-3H3,(H,23,26).